The summed E-state index contributed by atoms with van der Waals surface area (Å²) in [6.45, 7) is 0.578. The van der Waals surface area contributed by atoms with Gasteiger partial charge in [-0.25, -0.2) is 4.79 Å². The molecule has 4 aliphatic rings. The number of halogens is 1. The van der Waals surface area contributed by atoms with Gasteiger partial charge in [0, 0.05) is 13.7 Å². The number of para-hydroxylation sites is 1. The van der Waals surface area contributed by atoms with E-state index in [-0.39, 0.29) is 11.6 Å². The monoisotopic (exact) mass is 348 g/mol. The molecule has 4 nitrogen and oxygen atoms in total. The number of urea groups is 1. The first-order valence-electron chi connectivity index (χ1n) is 8.95. The fraction of sp³-hybridized carbons (Fsp3) is 0.632. The quantitative estimate of drug-likeness (QED) is 0.852. The second-order valence-corrected chi connectivity index (χ2v) is 8.16. The van der Waals surface area contributed by atoms with Crippen molar-refractivity contribution in [3.05, 3.63) is 29.3 Å². The van der Waals surface area contributed by atoms with Gasteiger partial charge >= 0.3 is 6.03 Å². The third kappa shape index (κ3) is 2.70. The maximum absolute atomic E-state index is 12.3. The Morgan fingerprint density at radius 1 is 1.17 bits per heavy atom. The van der Waals surface area contributed by atoms with Crippen LogP contribution in [-0.2, 0) is 4.74 Å². The third-order valence-electron chi connectivity index (χ3n) is 6.55. The number of carbonyl (C=O) groups is 1. The minimum absolute atomic E-state index is 0.189. The number of amides is 2. The molecule has 4 aliphatic carbocycles. The van der Waals surface area contributed by atoms with Crippen LogP contribution in [0.15, 0.2) is 24.3 Å². The van der Waals surface area contributed by atoms with Crippen LogP contribution >= 0.6 is 11.6 Å². The summed E-state index contributed by atoms with van der Waals surface area (Å²) < 4.78 is 6.07. The fourth-order valence-electron chi connectivity index (χ4n) is 5.62. The molecular formula is C19H25ClN2O2. The molecule has 0 aliphatic heterocycles. The van der Waals surface area contributed by atoms with Gasteiger partial charge in [-0.3, -0.25) is 0 Å². The molecule has 2 amide bonds. The fourth-order valence-corrected chi connectivity index (χ4v) is 5.81. The number of anilines is 1. The van der Waals surface area contributed by atoms with Crippen molar-refractivity contribution in [3.63, 3.8) is 0 Å². The van der Waals surface area contributed by atoms with Crippen LogP contribution in [0, 0.1) is 23.7 Å². The highest BCUT2D eigenvalue weighted by atomic mass is 35.5. The van der Waals surface area contributed by atoms with E-state index in [1.165, 1.54) is 32.1 Å². The molecule has 130 valence electrons. The summed E-state index contributed by atoms with van der Waals surface area (Å²) in [6.07, 6.45) is 6.44. The molecule has 4 fully saturated rings. The summed E-state index contributed by atoms with van der Waals surface area (Å²) in [7, 11) is 1.82. The van der Waals surface area contributed by atoms with E-state index in [1.54, 1.807) is 12.1 Å². The average molecular weight is 349 g/mol. The number of methoxy groups -OCH3 is 1. The molecule has 0 heterocycles. The summed E-state index contributed by atoms with van der Waals surface area (Å²) in [5.41, 5.74) is 0.443. The van der Waals surface area contributed by atoms with Crippen LogP contribution in [0.1, 0.15) is 32.1 Å². The number of hydrogen-bond donors (Lipinski definition) is 2. The van der Waals surface area contributed by atoms with Crippen molar-refractivity contribution in [3.8, 4) is 0 Å². The van der Waals surface area contributed by atoms with Crippen LogP contribution < -0.4 is 10.6 Å². The number of carbonyl (C=O) groups excluding carboxylic acids is 1. The second kappa shape index (κ2) is 6.23. The van der Waals surface area contributed by atoms with Gasteiger partial charge in [0.15, 0.2) is 0 Å². The summed E-state index contributed by atoms with van der Waals surface area (Å²) in [6, 6.07) is 7.06. The predicted molar refractivity (Wildman–Crippen MR) is 95.3 cm³/mol. The van der Waals surface area contributed by atoms with Gasteiger partial charge in [-0.2, -0.15) is 0 Å². The van der Waals surface area contributed by atoms with Crippen molar-refractivity contribution in [2.75, 3.05) is 19.0 Å². The van der Waals surface area contributed by atoms with Crippen molar-refractivity contribution in [1.29, 1.82) is 0 Å². The van der Waals surface area contributed by atoms with E-state index in [9.17, 15) is 4.79 Å². The standard InChI is InChI=1S/C19H25ClN2O2/c1-24-19(14-7-12-6-13(9-14)10-15(19)8-12)11-21-18(23)22-17-5-3-2-4-16(17)20/h2-5,12-15H,6-11H2,1H3,(H2,21,22,23). The molecule has 24 heavy (non-hydrogen) atoms. The normalized spacial score (nSPS) is 36.6. The van der Waals surface area contributed by atoms with Crippen LogP contribution in [0.3, 0.4) is 0 Å². The van der Waals surface area contributed by atoms with E-state index in [2.05, 4.69) is 10.6 Å². The van der Waals surface area contributed by atoms with Crippen LogP contribution in [0.25, 0.3) is 0 Å². The molecule has 0 unspecified atom stereocenters. The van der Waals surface area contributed by atoms with Crippen LogP contribution in [0.4, 0.5) is 10.5 Å². The van der Waals surface area contributed by atoms with Crippen LogP contribution in [0.2, 0.25) is 5.02 Å². The number of nitrogens with one attached hydrogen (secondary N) is 2. The van der Waals surface area contributed by atoms with E-state index < -0.39 is 0 Å². The number of rotatable bonds is 4. The SMILES string of the molecule is COC1(CNC(=O)Nc2ccccc2Cl)C2CC3CC(C2)CC1C3. The summed E-state index contributed by atoms with van der Waals surface area (Å²) in [5.74, 6) is 2.93. The molecule has 0 atom stereocenters. The van der Waals surface area contributed by atoms with E-state index in [0.29, 0.717) is 29.1 Å². The predicted octanol–water partition coefficient (Wildman–Crippen LogP) is 4.30. The van der Waals surface area contributed by atoms with Crippen molar-refractivity contribution in [2.45, 2.75) is 37.7 Å². The van der Waals surface area contributed by atoms with Gasteiger partial charge in [0.2, 0.25) is 0 Å². The molecule has 0 saturated heterocycles. The molecule has 0 radical (unpaired) electrons. The van der Waals surface area contributed by atoms with Gasteiger partial charge in [-0.15, -0.1) is 0 Å². The van der Waals surface area contributed by atoms with E-state index in [4.69, 9.17) is 16.3 Å². The Labute approximate surface area is 148 Å². The Morgan fingerprint density at radius 3 is 2.38 bits per heavy atom. The van der Waals surface area contributed by atoms with Crippen LogP contribution in [0.5, 0.6) is 0 Å². The zero-order chi connectivity index (χ0) is 16.7. The van der Waals surface area contributed by atoms with E-state index in [1.807, 2.05) is 19.2 Å². The molecule has 1 aromatic rings. The third-order valence-corrected chi connectivity index (χ3v) is 6.88. The first kappa shape index (κ1) is 16.2. The largest absolute Gasteiger partial charge is 0.376 e. The highest BCUT2D eigenvalue weighted by Crippen LogP contribution is 2.59. The van der Waals surface area contributed by atoms with Crippen molar-refractivity contribution in [2.24, 2.45) is 23.7 Å². The van der Waals surface area contributed by atoms with E-state index in [0.717, 1.165) is 11.8 Å². The molecule has 5 heteroatoms. The molecule has 5 rings (SSSR count). The maximum atomic E-state index is 12.3. The lowest BCUT2D eigenvalue weighted by atomic mass is 9.49. The van der Waals surface area contributed by atoms with Gasteiger partial charge in [0.1, 0.15) is 0 Å². The maximum Gasteiger partial charge on any atom is 0.319 e. The Kier molecular flexibility index (Phi) is 4.21. The Balaban J connectivity index is 1.42. The lowest BCUT2D eigenvalue weighted by Gasteiger charge is -2.60. The topological polar surface area (TPSA) is 50.4 Å². The smallest absolute Gasteiger partial charge is 0.319 e. The van der Waals surface area contributed by atoms with Crippen molar-refractivity contribution in [1.82, 2.24) is 5.32 Å². The summed E-state index contributed by atoms with van der Waals surface area (Å²) >= 11 is 6.10. The molecule has 1 aromatic carbocycles. The molecule has 2 N–H and O–H groups in total. The minimum Gasteiger partial charge on any atom is -0.376 e. The van der Waals surface area contributed by atoms with Crippen LogP contribution in [-0.4, -0.2) is 25.3 Å². The van der Waals surface area contributed by atoms with Gasteiger partial charge in [0.25, 0.3) is 0 Å². The zero-order valence-corrected chi connectivity index (χ0v) is 14.8. The Hall–Kier alpha value is -1.26. The molecule has 0 aromatic heterocycles. The van der Waals surface area contributed by atoms with Gasteiger partial charge in [-0.1, -0.05) is 23.7 Å². The summed E-state index contributed by atoms with van der Waals surface area (Å²) in [5, 5.41) is 6.43. The van der Waals surface area contributed by atoms with E-state index >= 15 is 0 Å². The first-order valence-corrected chi connectivity index (χ1v) is 9.33. The Bertz CT molecular complexity index is 606. The zero-order valence-electron chi connectivity index (χ0n) is 14.1. The second-order valence-electron chi connectivity index (χ2n) is 7.75. The molecular weight excluding hydrogens is 324 g/mol. The van der Waals surface area contributed by atoms with Gasteiger partial charge < -0.3 is 15.4 Å². The lowest BCUT2D eigenvalue weighted by Crippen LogP contribution is -2.63. The molecule has 4 bridgehead atoms. The minimum atomic E-state index is -0.215. The molecule has 4 saturated carbocycles. The first-order chi connectivity index (χ1) is 11.6. The summed E-state index contributed by atoms with van der Waals surface area (Å²) in [4.78, 5) is 12.3. The number of ether oxygens (including phenoxy) is 1. The average Bonchev–Trinajstić information content (AvgIpc) is 2.56. The highest BCUT2D eigenvalue weighted by Gasteiger charge is 2.57. The van der Waals surface area contributed by atoms with Crippen molar-refractivity contribution >= 4 is 23.3 Å². The number of hydrogen-bond acceptors (Lipinski definition) is 2. The highest BCUT2D eigenvalue weighted by molar-refractivity contribution is 6.33. The lowest BCUT2D eigenvalue weighted by molar-refractivity contribution is -0.186. The van der Waals surface area contributed by atoms with Gasteiger partial charge in [-0.05, 0) is 67.9 Å². The van der Waals surface area contributed by atoms with Gasteiger partial charge in [0.05, 0.1) is 16.3 Å². The van der Waals surface area contributed by atoms with Crippen molar-refractivity contribution < 1.29 is 9.53 Å². The number of benzene rings is 1. The Morgan fingerprint density at radius 2 is 1.79 bits per heavy atom. The molecule has 0 spiro atoms.